The van der Waals surface area contributed by atoms with Gasteiger partial charge in [0, 0.05) is 18.7 Å². The number of carbonyl (C=O) groups is 1. The minimum atomic E-state index is -0.0127. The Bertz CT molecular complexity index is 738. The second-order valence-corrected chi connectivity index (χ2v) is 7.52. The lowest BCUT2D eigenvalue weighted by atomic mass is 9.84. The highest BCUT2D eigenvalue weighted by atomic mass is 32.1. The normalized spacial score (nSPS) is 24.8. The van der Waals surface area contributed by atoms with E-state index in [4.69, 9.17) is 9.47 Å². The zero-order valence-corrected chi connectivity index (χ0v) is 14.9. The summed E-state index contributed by atoms with van der Waals surface area (Å²) in [6, 6.07) is 7.41. The third-order valence-corrected chi connectivity index (χ3v) is 5.89. The number of amides is 1. The van der Waals surface area contributed by atoms with Gasteiger partial charge in [0.25, 0.3) is 5.91 Å². The van der Waals surface area contributed by atoms with Crippen molar-refractivity contribution in [3.63, 3.8) is 0 Å². The van der Waals surface area contributed by atoms with Crippen LogP contribution in [0.3, 0.4) is 0 Å². The molecule has 3 fully saturated rings. The number of fused-ring (bicyclic) bond motifs is 3. The molecule has 1 amide bonds. The number of aromatic nitrogens is 1. The van der Waals surface area contributed by atoms with Crippen LogP contribution in [0.1, 0.15) is 22.5 Å². The average molecular weight is 359 g/mol. The molecule has 3 saturated heterocycles. The van der Waals surface area contributed by atoms with Crippen molar-refractivity contribution in [3.8, 4) is 16.7 Å². The van der Waals surface area contributed by atoms with E-state index in [9.17, 15) is 4.79 Å². The van der Waals surface area contributed by atoms with E-state index in [1.165, 1.54) is 37.3 Å². The second kappa shape index (κ2) is 7.01. The molecule has 0 radical (unpaired) electrons. The number of hydrogen-bond donors (Lipinski definition) is 1. The summed E-state index contributed by atoms with van der Waals surface area (Å²) in [4.78, 5) is 19.8. The Morgan fingerprint density at radius 1 is 1.28 bits per heavy atom. The van der Waals surface area contributed by atoms with Crippen molar-refractivity contribution in [2.45, 2.75) is 18.9 Å². The van der Waals surface area contributed by atoms with Gasteiger partial charge in [-0.15, -0.1) is 0 Å². The van der Waals surface area contributed by atoms with Crippen LogP contribution in [0.25, 0.3) is 0 Å². The van der Waals surface area contributed by atoms with Gasteiger partial charge in [0.15, 0.2) is 5.06 Å². The Morgan fingerprint density at radius 2 is 2.12 bits per heavy atom. The highest BCUT2D eigenvalue weighted by Crippen LogP contribution is 2.31. The molecule has 0 aromatic carbocycles. The van der Waals surface area contributed by atoms with Crippen LogP contribution in [0.15, 0.2) is 30.5 Å². The van der Waals surface area contributed by atoms with Crippen LogP contribution in [0.5, 0.6) is 16.7 Å². The number of pyridine rings is 1. The van der Waals surface area contributed by atoms with Crippen LogP contribution >= 0.6 is 11.3 Å². The Labute approximate surface area is 150 Å². The van der Waals surface area contributed by atoms with Gasteiger partial charge in [0.1, 0.15) is 5.75 Å². The summed E-state index contributed by atoms with van der Waals surface area (Å²) >= 11 is 1.34. The monoisotopic (exact) mass is 359 g/mol. The lowest BCUT2D eigenvalue weighted by molar-refractivity contribution is 0.0622. The van der Waals surface area contributed by atoms with Crippen molar-refractivity contribution in [1.29, 1.82) is 0 Å². The molecule has 1 atom stereocenters. The van der Waals surface area contributed by atoms with Crippen LogP contribution in [0.2, 0.25) is 0 Å². The number of nitrogens with one attached hydrogen (secondary N) is 1. The van der Waals surface area contributed by atoms with E-state index in [1.54, 1.807) is 31.5 Å². The van der Waals surface area contributed by atoms with Crippen LogP contribution in [0, 0.1) is 5.92 Å². The Morgan fingerprint density at radius 3 is 2.76 bits per heavy atom. The van der Waals surface area contributed by atoms with Crippen LogP contribution in [-0.2, 0) is 0 Å². The minimum absolute atomic E-state index is 0.0127. The number of piperidine rings is 3. The smallest absolute Gasteiger partial charge is 0.261 e. The summed E-state index contributed by atoms with van der Waals surface area (Å²) in [6.07, 6.45) is 3.98. The topological polar surface area (TPSA) is 63.7 Å². The molecule has 132 valence electrons. The van der Waals surface area contributed by atoms with E-state index < -0.39 is 0 Å². The Hall–Kier alpha value is -2.12. The van der Waals surface area contributed by atoms with E-state index in [-0.39, 0.29) is 11.9 Å². The van der Waals surface area contributed by atoms with E-state index >= 15 is 0 Å². The number of methoxy groups -OCH3 is 1. The molecule has 6 nitrogen and oxygen atoms in total. The quantitative estimate of drug-likeness (QED) is 0.889. The lowest BCUT2D eigenvalue weighted by Gasteiger charge is -2.44. The number of carbonyl (C=O) groups excluding carboxylic acids is 1. The van der Waals surface area contributed by atoms with Crippen LogP contribution in [-0.4, -0.2) is 48.6 Å². The predicted octanol–water partition coefficient (Wildman–Crippen LogP) is 2.77. The van der Waals surface area contributed by atoms with Gasteiger partial charge in [0.2, 0.25) is 5.88 Å². The van der Waals surface area contributed by atoms with Crippen molar-refractivity contribution in [2.75, 3.05) is 26.7 Å². The molecule has 2 aromatic heterocycles. The molecule has 0 spiro atoms. The number of rotatable bonds is 5. The molecule has 7 heteroatoms. The maximum Gasteiger partial charge on any atom is 0.261 e. The molecule has 0 aliphatic carbocycles. The summed E-state index contributed by atoms with van der Waals surface area (Å²) in [5.74, 6) is 1.76. The van der Waals surface area contributed by atoms with E-state index in [1.807, 2.05) is 6.07 Å². The van der Waals surface area contributed by atoms with Crippen molar-refractivity contribution in [3.05, 3.63) is 35.3 Å². The fraction of sp³-hybridized carbons (Fsp3) is 0.444. The zero-order valence-electron chi connectivity index (χ0n) is 14.1. The summed E-state index contributed by atoms with van der Waals surface area (Å²) in [7, 11) is 1.59. The average Bonchev–Trinajstić information content (AvgIpc) is 3.12. The van der Waals surface area contributed by atoms with Gasteiger partial charge in [-0.05, 0) is 50.0 Å². The summed E-state index contributed by atoms with van der Waals surface area (Å²) < 4.78 is 10.8. The lowest BCUT2D eigenvalue weighted by Crippen LogP contribution is -2.57. The largest absolute Gasteiger partial charge is 0.495 e. The number of hydrogen-bond acceptors (Lipinski definition) is 6. The molecule has 1 N–H and O–H groups in total. The first-order chi connectivity index (χ1) is 12.2. The number of nitrogens with zero attached hydrogens (tertiary/aromatic N) is 2. The fourth-order valence-electron chi connectivity index (χ4n) is 3.52. The van der Waals surface area contributed by atoms with Gasteiger partial charge >= 0.3 is 0 Å². The zero-order chi connectivity index (χ0) is 17.2. The number of thiophene rings is 1. The first-order valence-electron chi connectivity index (χ1n) is 8.52. The summed E-state index contributed by atoms with van der Waals surface area (Å²) in [5.41, 5.74) is 0. The van der Waals surface area contributed by atoms with Gasteiger partial charge in [0.05, 0.1) is 18.2 Å². The molecule has 0 unspecified atom stereocenters. The summed E-state index contributed by atoms with van der Waals surface area (Å²) in [6.45, 7) is 3.31. The third kappa shape index (κ3) is 3.62. The molecule has 3 aliphatic rings. The van der Waals surface area contributed by atoms with Crippen LogP contribution < -0.4 is 14.8 Å². The van der Waals surface area contributed by atoms with E-state index in [2.05, 4.69) is 15.2 Å². The highest BCUT2D eigenvalue weighted by molar-refractivity contribution is 7.15. The highest BCUT2D eigenvalue weighted by Gasteiger charge is 2.35. The van der Waals surface area contributed by atoms with Crippen molar-refractivity contribution < 1.29 is 14.3 Å². The molecule has 5 heterocycles. The first-order valence-corrected chi connectivity index (χ1v) is 9.34. The van der Waals surface area contributed by atoms with Gasteiger partial charge in [-0.25, -0.2) is 4.98 Å². The maximum atomic E-state index is 12.5. The fourth-order valence-corrected chi connectivity index (χ4v) is 4.28. The molecule has 25 heavy (non-hydrogen) atoms. The maximum absolute atomic E-state index is 12.5. The standard InChI is InChI=1S/C18H21N3O3S/c1-23-13-2-4-16(19-10-13)24-17-5-3-15(25-17)18(22)20-14-11-21-8-6-12(14)7-9-21/h2-5,10,12,14H,6-9,11H2,1H3,(H,20,22)/t14-/m0/s1. The molecule has 2 bridgehead atoms. The van der Waals surface area contributed by atoms with E-state index in [0.717, 1.165) is 6.54 Å². The minimum Gasteiger partial charge on any atom is -0.495 e. The van der Waals surface area contributed by atoms with Gasteiger partial charge < -0.3 is 19.7 Å². The van der Waals surface area contributed by atoms with E-state index in [0.29, 0.717) is 27.5 Å². The molecule has 3 aliphatic heterocycles. The molecule has 0 saturated carbocycles. The van der Waals surface area contributed by atoms with Crippen LogP contribution in [0.4, 0.5) is 0 Å². The second-order valence-electron chi connectivity index (χ2n) is 6.47. The van der Waals surface area contributed by atoms with Gasteiger partial charge in [-0.1, -0.05) is 11.3 Å². The molecule has 2 aromatic rings. The Balaban J connectivity index is 1.37. The van der Waals surface area contributed by atoms with Gasteiger partial charge in [-0.2, -0.15) is 0 Å². The SMILES string of the molecule is COc1ccc(Oc2ccc(C(=O)N[C@H]3CN4CCC3CC4)s2)nc1. The third-order valence-electron chi connectivity index (χ3n) is 4.93. The molecule has 5 rings (SSSR count). The van der Waals surface area contributed by atoms with Crippen molar-refractivity contribution in [2.24, 2.45) is 5.92 Å². The Kier molecular flexibility index (Phi) is 4.59. The van der Waals surface area contributed by atoms with Crippen molar-refractivity contribution in [1.82, 2.24) is 15.2 Å². The summed E-state index contributed by atoms with van der Waals surface area (Å²) in [5, 5.41) is 3.85. The number of ether oxygens (including phenoxy) is 2. The predicted molar refractivity (Wildman–Crippen MR) is 95.6 cm³/mol. The van der Waals surface area contributed by atoms with Gasteiger partial charge in [-0.3, -0.25) is 4.79 Å². The van der Waals surface area contributed by atoms with Crippen molar-refractivity contribution >= 4 is 17.2 Å². The molecular weight excluding hydrogens is 338 g/mol. The molecular formula is C18H21N3O3S. The first kappa shape index (κ1) is 16.4.